The van der Waals surface area contributed by atoms with Crippen LogP contribution in [0.25, 0.3) is 10.2 Å². The van der Waals surface area contributed by atoms with Crippen molar-refractivity contribution in [1.82, 2.24) is 15.0 Å². The highest BCUT2D eigenvalue weighted by Crippen LogP contribution is 2.30. The van der Waals surface area contributed by atoms with Crippen LogP contribution < -0.4 is 5.32 Å². The SMILES string of the molecule is N#CC(c1ccnc(NCC(=O)O)n1)c1nc2ccccc2s1. The molecule has 0 bridgehead atoms. The molecule has 0 saturated carbocycles. The van der Waals surface area contributed by atoms with Crippen LogP contribution >= 0.6 is 11.3 Å². The van der Waals surface area contributed by atoms with Gasteiger partial charge in [-0.2, -0.15) is 5.26 Å². The van der Waals surface area contributed by atoms with Gasteiger partial charge in [-0.05, 0) is 18.2 Å². The number of thiazole rings is 1. The zero-order valence-corrected chi connectivity index (χ0v) is 12.6. The van der Waals surface area contributed by atoms with Crippen LogP contribution in [0.4, 0.5) is 5.95 Å². The Balaban J connectivity index is 1.93. The number of nitriles is 1. The van der Waals surface area contributed by atoms with Gasteiger partial charge in [0, 0.05) is 6.20 Å². The number of para-hydroxylation sites is 1. The number of hydrogen-bond acceptors (Lipinski definition) is 7. The van der Waals surface area contributed by atoms with E-state index in [1.807, 2.05) is 24.3 Å². The third-order valence-corrected chi connectivity index (χ3v) is 4.16. The van der Waals surface area contributed by atoms with Gasteiger partial charge in [0.25, 0.3) is 0 Å². The number of rotatable bonds is 5. The first-order chi connectivity index (χ1) is 11.2. The fraction of sp³-hybridized carbons (Fsp3) is 0.133. The van der Waals surface area contributed by atoms with Crippen LogP contribution in [0.1, 0.15) is 16.6 Å². The first-order valence-corrected chi connectivity index (χ1v) is 7.52. The fourth-order valence-electron chi connectivity index (χ4n) is 2.03. The molecule has 0 aliphatic rings. The van der Waals surface area contributed by atoms with Gasteiger partial charge < -0.3 is 10.4 Å². The summed E-state index contributed by atoms with van der Waals surface area (Å²) < 4.78 is 1.00. The molecule has 2 N–H and O–H groups in total. The number of nitrogens with zero attached hydrogens (tertiary/aromatic N) is 4. The van der Waals surface area contributed by atoms with Gasteiger partial charge in [-0.25, -0.2) is 15.0 Å². The Kier molecular flexibility index (Phi) is 4.12. The van der Waals surface area contributed by atoms with Gasteiger partial charge in [-0.3, -0.25) is 4.79 Å². The lowest BCUT2D eigenvalue weighted by Crippen LogP contribution is -2.15. The summed E-state index contributed by atoms with van der Waals surface area (Å²) in [6.07, 6.45) is 1.49. The number of hydrogen-bond donors (Lipinski definition) is 2. The number of nitrogens with one attached hydrogen (secondary N) is 1. The number of benzene rings is 1. The van der Waals surface area contributed by atoms with Gasteiger partial charge in [-0.15, -0.1) is 11.3 Å². The van der Waals surface area contributed by atoms with Crippen molar-refractivity contribution in [1.29, 1.82) is 5.26 Å². The molecule has 0 spiro atoms. The van der Waals surface area contributed by atoms with Crippen molar-refractivity contribution in [3.63, 3.8) is 0 Å². The van der Waals surface area contributed by atoms with E-state index in [0.29, 0.717) is 10.7 Å². The Morgan fingerprint density at radius 1 is 1.35 bits per heavy atom. The van der Waals surface area contributed by atoms with Gasteiger partial charge >= 0.3 is 5.97 Å². The van der Waals surface area contributed by atoms with Crippen molar-refractivity contribution in [2.45, 2.75) is 5.92 Å². The highest BCUT2D eigenvalue weighted by Gasteiger charge is 2.20. The molecule has 114 valence electrons. The molecule has 23 heavy (non-hydrogen) atoms. The molecule has 7 nitrogen and oxygen atoms in total. The average Bonchev–Trinajstić information content (AvgIpc) is 2.97. The molecule has 0 fully saturated rings. The molecule has 1 unspecified atom stereocenters. The molecule has 3 rings (SSSR count). The topological polar surface area (TPSA) is 112 Å². The summed E-state index contributed by atoms with van der Waals surface area (Å²) in [6, 6.07) is 11.5. The van der Waals surface area contributed by atoms with Crippen LogP contribution in [0.15, 0.2) is 36.5 Å². The Morgan fingerprint density at radius 3 is 2.91 bits per heavy atom. The lowest BCUT2D eigenvalue weighted by molar-refractivity contribution is -0.134. The van der Waals surface area contributed by atoms with Gasteiger partial charge in [-0.1, -0.05) is 12.1 Å². The molecule has 8 heteroatoms. The molecule has 2 heterocycles. The minimum Gasteiger partial charge on any atom is -0.480 e. The third-order valence-electron chi connectivity index (χ3n) is 3.06. The Labute approximate surface area is 135 Å². The second-order valence-electron chi connectivity index (χ2n) is 4.63. The van der Waals surface area contributed by atoms with E-state index < -0.39 is 11.9 Å². The average molecular weight is 325 g/mol. The van der Waals surface area contributed by atoms with Crippen LogP contribution in [0.3, 0.4) is 0 Å². The van der Waals surface area contributed by atoms with Gasteiger partial charge in [0.2, 0.25) is 5.95 Å². The minimum absolute atomic E-state index is 0.172. The number of anilines is 1. The molecule has 0 aliphatic heterocycles. The van der Waals surface area contributed by atoms with Gasteiger partial charge in [0.15, 0.2) is 0 Å². The Morgan fingerprint density at radius 2 is 2.17 bits per heavy atom. The maximum absolute atomic E-state index is 10.6. The summed E-state index contributed by atoms with van der Waals surface area (Å²) in [6.45, 7) is -0.290. The van der Waals surface area contributed by atoms with E-state index in [1.54, 1.807) is 6.07 Å². The number of carbonyl (C=O) groups is 1. The fourth-order valence-corrected chi connectivity index (χ4v) is 3.06. The number of aliphatic carboxylic acids is 1. The number of carboxylic acids is 1. The van der Waals surface area contributed by atoms with E-state index in [4.69, 9.17) is 5.11 Å². The minimum atomic E-state index is -1.01. The van der Waals surface area contributed by atoms with Crippen molar-refractivity contribution in [3.8, 4) is 6.07 Å². The van der Waals surface area contributed by atoms with E-state index in [2.05, 4.69) is 26.3 Å². The van der Waals surface area contributed by atoms with Gasteiger partial charge in [0.1, 0.15) is 17.5 Å². The van der Waals surface area contributed by atoms with Crippen molar-refractivity contribution < 1.29 is 9.90 Å². The molecule has 1 aromatic carbocycles. The lowest BCUT2D eigenvalue weighted by atomic mass is 10.1. The van der Waals surface area contributed by atoms with Crippen LogP contribution in [0.2, 0.25) is 0 Å². The predicted octanol–water partition coefficient (Wildman–Crippen LogP) is 2.24. The zero-order chi connectivity index (χ0) is 16.2. The summed E-state index contributed by atoms with van der Waals surface area (Å²) in [4.78, 5) is 23.2. The van der Waals surface area contributed by atoms with Crippen molar-refractivity contribution in [2.75, 3.05) is 11.9 Å². The van der Waals surface area contributed by atoms with E-state index in [9.17, 15) is 10.1 Å². The van der Waals surface area contributed by atoms with E-state index in [0.717, 1.165) is 10.2 Å². The molecule has 1 atom stereocenters. The van der Waals surface area contributed by atoms with Crippen LogP contribution in [-0.2, 0) is 4.79 Å². The summed E-state index contributed by atoms with van der Waals surface area (Å²) in [5, 5.41) is 21.4. The predicted molar refractivity (Wildman–Crippen MR) is 85.2 cm³/mol. The molecule has 0 radical (unpaired) electrons. The smallest absolute Gasteiger partial charge is 0.322 e. The second kappa shape index (κ2) is 6.37. The largest absolute Gasteiger partial charge is 0.480 e. The van der Waals surface area contributed by atoms with E-state index >= 15 is 0 Å². The quantitative estimate of drug-likeness (QED) is 0.739. The van der Waals surface area contributed by atoms with E-state index in [1.165, 1.54) is 17.5 Å². The highest BCUT2D eigenvalue weighted by atomic mass is 32.1. The molecule has 0 amide bonds. The Hall–Kier alpha value is -3.05. The monoisotopic (exact) mass is 325 g/mol. The maximum atomic E-state index is 10.6. The molecular weight excluding hydrogens is 314 g/mol. The zero-order valence-electron chi connectivity index (χ0n) is 11.8. The summed E-state index contributed by atoms with van der Waals surface area (Å²) in [5.41, 5.74) is 1.32. The van der Waals surface area contributed by atoms with E-state index in [-0.39, 0.29) is 12.5 Å². The van der Waals surface area contributed by atoms with Crippen molar-refractivity contribution in [3.05, 3.63) is 47.2 Å². The van der Waals surface area contributed by atoms with Crippen molar-refractivity contribution >= 4 is 33.5 Å². The number of fused-ring (bicyclic) bond motifs is 1. The molecule has 3 aromatic rings. The van der Waals surface area contributed by atoms with Crippen LogP contribution in [-0.4, -0.2) is 32.6 Å². The standard InChI is InChI=1S/C15H11N5O2S/c16-7-9(14-19-11-3-1-2-4-12(11)23-14)10-5-6-17-15(20-10)18-8-13(21)22/h1-6,9H,8H2,(H,21,22)(H,17,18,20). The lowest BCUT2D eigenvalue weighted by Gasteiger charge is -2.07. The first kappa shape index (κ1) is 14.9. The Bertz CT molecular complexity index is 869. The third kappa shape index (κ3) is 3.25. The summed E-state index contributed by atoms with van der Waals surface area (Å²) in [5.74, 6) is -1.46. The summed E-state index contributed by atoms with van der Waals surface area (Å²) in [7, 11) is 0. The highest BCUT2D eigenvalue weighted by molar-refractivity contribution is 7.18. The van der Waals surface area contributed by atoms with Gasteiger partial charge in [0.05, 0.1) is 22.0 Å². The van der Waals surface area contributed by atoms with Crippen molar-refractivity contribution in [2.24, 2.45) is 0 Å². The number of carboxylic acid groups (broad SMARTS) is 1. The number of aromatic nitrogens is 3. The van der Waals surface area contributed by atoms with Crippen LogP contribution in [0, 0.1) is 11.3 Å². The maximum Gasteiger partial charge on any atom is 0.322 e. The molecular formula is C15H11N5O2S. The normalized spacial score (nSPS) is 11.8. The second-order valence-corrected chi connectivity index (χ2v) is 5.70. The molecule has 0 saturated heterocycles. The summed E-state index contributed by atoms with van der Waals surface area (Å²) >= 11 is 1.44. The molecule has 0 aliphatic carbocycles. The first-order valence-electron chi connectivity index (χ1n) is 6.71. The van der Waals surface area contributed by atoms with Crippen LogP contribution in [0.5, 0.6) is 0 Å². The molecule has 2 aromatic heterocycles.